The number of likely N-dealkylation sites (N-methyl/N-ethyl adjacent to an activating group) is 1. The van der Waals surface area contributed by atoms with Crippen LogP contribution in [0.5, 0.6) is 11.5 Å². The van der Waals surface area contributed by atoms with Crippen LogP contribution in [0, 0.1) is 6.92 Å². The van der Waals surface area contributed by atoms with E-state index in [1.807, 2.05) is 12.1 Å². The molecule has 1 heterocycles. The quantitative estimate of drug-likeness (QED) is 0.611. The van der Waals surface area contributed by atoms with E-state index in [-0.39, 0.29) is 12.6 Å². The molecule has 0 aliphatic rings. The molecular formula is C20H24N6O4. The largest absolute Gasteiger partial charge is 0.497 e. The van der Waals surface area contributed by atoms with Crippen molar-refractivity contribution in [3.63, 3.8) is 0 Å². The lowest BCUT2D eigenvalue weighted by molar-refractivity contribution is 0.159. The molecule has 0 unspecified atom stereocenters. The number of rotatable bonds is 7. The zero-order chi connectivity index (χ0) is 21.7. The molecule has 1 atom stereocenters. The zero-order valence-corrected chi connectivity index (χ0v) is 17.2. The standard InChI is InChI=1S/C20H24N6O4/c1-13-22-23-24-26(13)17-11-15(7-10-19(17)30-4)21-20(28)25(2)18(12-27)14-5-8-16(29-3)9-6-14/h5-11,18,27H,12H2,1-4H3,(H,21,28)/t18-/m0/s1. The van der Waals surface area contributed by atoms with Gasteiger partial charge in [0.2, 0.25) is 0 Å². The van der Waals surface area contributed by atoms with Crippen LogP contribution < -0.4 is 14.8 Å². The van der Waals surface area contributed by atoms with Crippen molar-refractivity contribution in [1.82, 2.24) is 25.1 Å². The molecule has 0 spiro atoms. The Hall–Kier alpha value is -3.66. The molecule has 158 valence electrons. The maximum absolute atomic E-state index is 12.8. The van der Waals surface area contributed by atoms with Crippen LogP contribution in [0.25, 0.3) is 5.69 Å². The van der Waals surface area contributed by atoms with Gasteiger partial charge in [-0.2, -0.15) is 4.68 Å². The Balaban J connectivity index is 1.81. The van der Waals surface area contributed by atoms with E-state index in [1.165, 1.54) is 9.58 Å². The van der Waals surface area contributed by atoms with Gasteiger partial charge in [0.15, 0.2) is 5.82 Å². The molecule has 0 aliphatic heterocycles. The fourth-order valence-corrected chi connectivity index (χ4v) is 3.02. The van der Waals surface area contributed by atoms with Crippen molar-refractivity contribution < 1.29 is 19.4 Å². The highest BCUT2D eigenvalue weighted by Crippen LogP contribution is 2.27. The lowest BCUT2D eigenvalue weighted by Crippen LogP contribution is -2.36. The van der Waals surface area contributed by atoms with Crippen LogP contribution in [0.1, 0.15) is 17.4 Å². The molecule has 0 bridgehead atoms. The summed E-state index contributed by atoms with van der Waals surface area (Å²) in [7, 11) is 4.75. The Kier molecular flexibility index (Phi) is 6.48. The third-order valence-electron chi connectivity index (χ3n) is 4.75. The number of aromatic nitrogens is 4. The molecule has 10 nitrogen and oxygen atoms in total. The molecule has 1 aromatic heterocycles. The highest BCUT2D eigenvalue weighted by molar-refractivity contribution is 5.90. The first-order valence-electron chi connectivity index (χ1n) is 9.20. The van der Waals surface area contributed by atoms with Crippen LogP contribution >= 0.6 is 0 Å². The number of aliphatic hydroxyl groups excluding tert-OH is 1. The van der Waals surface area contributed by atoms with Gasteiger partial charge < -0.3 is 24.8 Å². The number of urea groups is 1. The summed E-state index contributed by atoms with van der Waals surface area (Å²) in [5.41, 5.74) is 1.91. The number of aryl methyl sites for hydroxylation is 1. The minimum absolute atomic E-state index is 0.228. The number of amides is 2. The van der Waals surface area contributed by atoms with E-state index in [0.29, 0.717) is 28.7 Å². The number of carbonyl (C=O) groups excluding carboxylic acids is 1. The summed E-state index contributed by atoms with van der Waals surface area (Å²) >= 11 is 0. The SMILES string of the molecule is COc1ccc([C@H](CO)N(C)C(=O)Nc2ccc(OC)c(-n3nnnc3C)c2)cc1. The highest BCUT2D eigenvalue weighted by Gasteiger charge is 2.22. The number of aliphatic hydroxyl groups is 1. The van der Waals surface area contributed by atoms with Crippen molar-refractivity contribution in [3.8, 4) is 17.2 Å². The summed E-state index contributed by atoms with van der Waals surface area (Å²) in [4.78, 5) is 14.3. The van der Waals surface area contributed by atoms with E-state index in [2.05, 4.69) is 20.8 Å². The zero-order valence-electron chi connectivity index (χ0n) is 17.2. The second-order valence-electron chi connectivity index (χ2n) is 6.54. The van der Waals surface area contributed by atoms with Gasteiger partial charge in [-0.3, -0.25) is 0 Å². The van der Waals surface area contributed by atoms with Crippen LogP contribution in [0.3, 0.4) is 0 Å². The van der Waals surface area contributed by atoms with Gasteiger partial charge in [-0.1, -0.05) is 12.1 Å². The summed E-state index contributed by atoms with van der Waals surface area (Å²) in [5.74, 6) is 1.84. The molecule has 2 amide bonds. The molecule has 3 rings (SSSR count). The number of carbonyl (C=O) groups is 1. The van der Waals surface area contributed by atoms with Gasteiger partial charge in [0.25, 0.3) is 0 Å². The third-order valence-corrected chi connectivity index (χ3v) is 4.75. The van der Waals surface area contributed by atoms with Crippen LogP contribution in [-0.2, 0) is 0 Å². The lowest BCUT2D eigenvalue weighted by Gasteiger charge is -2.27. The van der Waals surface area contributed by atoms with Gasteiger partial charge in [-0.25, -0.2) is 4.79 Å². The van der Waals surface area contributed by atoms with Gasteiger partial charge in [0, 0.05) is 12.7 Å². The molecule has 0 fully saturated rings. The van der Waals surface area contributed by atoms with E-state index in [1.54, 1.807) is 58.5 Å². The molecule has 0 radical (unpaired) electrons. The second kappa shape index (κ2) is 9.23. The third kappa shape index (κ3) is 4.33. The molecule has 0 saturated carbocycles. The second-order valence-corrected chi connectivity index (χ2v) is 6.54. The Labute approximate surface area is 174 Å². The van der Waals surface area contributed by atoms with E-state index in [4.69, 9.17) is 9.47 Å². The van der Waals surface area contributed by atoms with Crippen LogP contribution in [0.15, 0.2) is 42.5 Å². The van der Waals surface area contributed by atoms with Crippen molar-refractivity contribution in [3.05, 3.63) is 53.9 Å². The Bertz CT molecular complexity index is 1000. The maximum Gasteiger partial charge on any atom is 0.322 e. The summed E-state index contributed by atoms with van der Waals surface area (Å²) < 4.78 is 12.1. The number of ether oxygens (including phenoxy) is 2. The van der Waals surface area contributed by atoms with E-state index in [9.17, 15) is 9.90 Å². The summed E-state index contributed by atoms with van der Waals surface area (Å²) in [6.07, 6.45) is 0. The average Bonchev–Trinajstić information content (AvgIpc) is 3.20. The predicted molar refractivity (Wildman–Crippen MR) is 110 cm³/mol. The van der Waals surface area contributed by atoms with Crippen molar-refractivity contribution in [2.45, 2.75) is 13.0 Å². The lowest BCUT2D eigenvalue weighted by atomic mass is 10.1. The van der Waals surface area contributed by atoms with Gasteiger partial charge in [-0.15, -0.1) is 5.10 Å². The summed E-state index contributed by atoms with van der Waals surface area (Å²) in [5, 5.41) is 24.2. The minimum Gasteiger partial charge on any atom is -0.497 e. The van der Waals surface area contributed by atoms with E-state index in [0.717, 1.165) is 5.56 Å². The van der Waals surface area contributed by atoms with E-state index >= 15 is 0 Å². The molecule has 2 N–H and O–H groups in total. The predicted octanol–water partition coefficient (Wildman–Crippen LogP) is 2.19. The molecular weight excluding hydrogens is 388 g/mol. The van der Waals surface area contributed by atoms with Gasteiger partial charge in [0.1, 0.15) is 17.2 Å². The first kappa shape index (κ1) is 21.1. The monoisotopic (exact) mass is 412 g/mol. The topological polar surface area (TPSA) is 115 Å². The van der Waals surface area contributed by atoms with Crippen molar-refractivity contribution >= 4 is 11.7 Å². The van der Waals surface area contributed by atoms with Crippen molar-refractivity contribution in [2.75, 3.05) is 33.2 Å². The van der Waals surface area contributed by atoms with Gasteiger partial charge in [0.05, 0.1) is 26.9 Å². The Morgan fingerprint density at radius 3 is 2.50 bits per heavy atom. The van der Waals surface area contributed by atoms with Gasteiger partial charge in [-0.05, 0) is 53.2 Å². The fraction of sp³-hybridized carbons (Fsp3) is 0.300. The van der Waals surface area contributed by atoms with Crippen molar-refractivity contribution in [1.29, 1.82) is 0 Å². The smallest absolute Gasteiger partial charge is 0.322 e. The van der Waals surface area contributed by atoms with Crippen molar-refractivity contribution in [2.24, 2.45) is 0 Å². The maximum atomic E-state index is 12.8. The molecule has 30 heavy (non-hydrogen) atoms. The summed E-state index contributed by atoms with van der Waals surface area (Å²) in [6, 6.07) is 11.5. The van der Waals surface area contributed by atoms with Crippen LogP contribution in [-0.4, -0.2) is 64.1 Å². The number of anilines is 1. The molecule has 2 aromatic carbocycles. The molecule has 0 saturated heterocycles. The first-order chi connectivity index (χ1) is 14.5. The Morgan fingerprint density at radius 1 is 1.20 bits per heavy atom. The highest BCUT2D eigenvalue weighted by atomic mass is 16.5. The number of methoxy groups -OCH3 is 2. The van der Waals surface area contributed by atoms with Crippen LogP contribution in [0.4, 0.5) is 10.5 Å². The Morgan fingerprint density at radius 2 is 1.93 bits per heavy atom. The van der Waals surface area contributed by atoms with E-state index < -0.39 is 6.04 Å². The summed E-state index contributed by atoms with van der Waals surface area (Å²) in [6.45, 7) is 1.53. The first-order valence-corrected chi connectivity index (χ1v) is 9.20. The fourth-order valence-electron chi connectivity index (χ4n) is 3.02. The minimum atomic E-state index is -0.518. The van der Waals surface area contributed by atoms with Gasteiger partial charge >= 0.3 is 6.03 Å². The molecule has 10 heteroatoms. The number of hydrogen-bond acceptors (Lipinski definition) is 7. The normalized spacial score (nSPS) is 11.6. The number of benzene rings is 2. The van der Waals surface area contributed by atoms with Crippen LogP contribution in [0.2, 0.25) is 0 Å². The number of tetrazole rings is 1. The number of nitrogens with zero attached hydrogens (tertiary/aromatic N) is 5. The average molecular weight is 412 g/mol. The molecule has 3 aromatic rings. The molecule has 0 aliphatic carbocycles. The number of nitrogens with one attached hydrogen (secondary N) is 1. The number of hydrogen-bond donors (Lipinski definition) is 2.